The number of sulfone groups is 1. The van der Waals surface area contributed by atoms with Crippen molar-refractivity contribution in [3.8, 4) is 0 Å². The highest BCUT2D eigenvalue weighted by Crippen LogP contribution is 2.23. The van der Waals surface area contributed by atoms with Crippen LogP contribution >= 0.6 is 27.5 Å². The maximum absolute atomic E-state index is 11.6. The molecule has 0 spiro atoms. The van der Waals surface area contributed by atoms with Gasteiger partial charge in [-0.1, -0.05) is 17.7 Å². The van der Waals surface area contributed by atoms with Crippen molar-refractivity contribution in [3.63, 3.8) is 0 Å². The minimum Gasteiger partial charge on any atom is -0.242 e. The summed E-state index contributed by atoms with van der Waals surface area (Å²) in [6.07, 6.45) is 2.61. The molecule has 0 amide bonds. The van der Waals surface area contributed by atoms with Crippen molar-refractivity contribution < 1.29 is 8.42 Å². The zero-order chi connectivity index (χ0) is 10.8. The van der Waals surface area contributed by atoms with Gasteiger partial charge in [0.1, 0.15) is 0 Å². The van der Waals surface area contributed by atoms with Gasteiger partial charge in [-0.15, -0.1) is 6.58 Å². The number of aromatic nitrogens is 1. The molecule has 0 radical (unpaired) electrons. The van der Waals surface area contributed by atoms with Crippen LogP contribution in [0.1, 0.15) is 0 Å². The van der Waals surface area contributed by atoms with Gasteiger partial charge in [-0.2, -0.15) is 0 Å². The largest absolute Gasteiger partial charge is 0.242 e. The van der Waals surface area contributed by atoms with Gasteiger partial charge in [0.25, 0.3) is 0 Å². The van der Waals surface area contributed by atoms with Crippen molar-refractivity contribution >= 4 is 37.4 Å². The van der Waals surface area contributed by atoms with Crippen LogP contribution < -0.4 is 0 Å². The first-order chi connectivity index (χ1) is 6.47. The van der Waals surface area contributed by atoms with Gasteiger partial charge in [-0.3, -0.25) is 0 Å². The number of hydrogen-bond donors (Lipinski definition) is 0. The molecule has 0 bridgehead atoms. The smallest absolute Gasteiger partial charge is 0.200 e. The van der Waals surface area contributed by atoms with Gasteiger partial charge in [-0.25, -0.2) is 13.4 Å². The number of rotatable bonds is 3. The summed E-state index contributed by atoms with van der Waals surface area (Å²) in [7, 11) is -3.39. The molecule has 0 saturated heterocycles. The van der Waals surface area contributed by atoms with Gasteiger partial charge in [0.05, 0.1) is 15.2 Å². The summed E-state index contributed by atoms with van der Waals surface area (Å²) in [4.78, 5) is 3.75. The highest BCUT2D eigenvalue weighted by atomic mass is 79.9. The van der Waals surface area contributed by atoms with E-state index in [1.807, 2.05) is 0 Å². The predicted molar refractivity (Wildman–Crippen MR) is 59.2 cm³/mol. The third kappa shape index (κ3) is 2.56. The lowest BCUT2D eigenvalue weighted by Crippen LogP contribution is -2.07. The minimum absolute atomic E-state index is 0.0122. The molecular formula is C8H7BrClNO2S. The highest BCUT2D eigenvalue weighted by Gasteiger charge is 2.17. The zero-order valence-corrected chi connectivity index (χ0v) is 10.2. The molecule has 1 heterocycles. The number of nitrogens with zero attached hydrogens (tertiary/aromatic N) is 1. The molecule has 0 atom stereocenters. The third-order valence-corrected chi connectivity index (χ3v) is 4.07. The summed E-state index contributed by atoms with van der Waals surface area (Å²) in [5, 5.41) is 0.372. The van der Waals surface area contributed by atoms with E-state index < -0.39 is 9.84 Å². The number of halogens is 2. The van der Waals surface area contributed by atoms with Crippen LogP contribution in [0.25, 0.3) is 0 Å². The van der Waals surface area contributed by atoms with E-state index in [1.165, 1.54) is 18.3 Å². The maximum atomic E-state index is 11.6. The molecule has 14 heavy (non-hydrogen) atoms. The molecule has 76 valence electrons. The lowest BCUT2D eigenvalue weighted by Gasteiger charge is -2.02. The van der Waals surface area contributed by atoms with Crippen molar-refractivity contribution in [1.82, 2.24) is 4.98 Å². The molecule has 1 aromatic heterocycles. The Hall–Kier alpha value is -0.390. The zero-order valence-electron chi connectivity index (χ0n) is 7.07. The van der Waals surface area contributed by atoms with E-state index in [1.54, 1.807) is 0 Å². The molecule has 0 saturated carbocycles. The topological polar surface area (TPSA) is 47.0 Å². The van der Waals surface area contributed by atoms with E-state index in [0.29, 0.717) is 9.50 Å². The second-order valence-electron chi connectivity index (χ2n) is 2.51. The Morgan fingerprint density at radius 2 is 2.29 bits per heavy atom. The van der Waals surface area contributed by atoms with E-state index >= 15 is 0 Å². The quantitative estimate of drug-likeness (QED) is 0.805. The number of pyridine rings is 1. The lowest BCUT2D eigenvalue weighted by atomic mass is 10.5. The molecule has 0 N–H and O–H groups in total. The second-order valence-corrected chi connectivity index (χ2v) is 5.75. The van der Waals surface area contributed by atoms with E-state index in [9.17, 15) is 8.42 Å². The van der Waals surface area contributed by atoms with Crippen molar-refractivity contribution in [2.75, 3.05) is 5.75 Å². The van der Waals surface area contributed by atoms with Crippen molar-refractivity contribution in [2.45, 2.75) is 5.03 Å². The van der Waals surface area contributed by atoms with Gasteiger partial charge in [0.2, 0.25) is 0 Å². The molecule has 0 fully saturated rings. The molecule has 3 nitrogen and oxygen atoms in total. The standard InChI is InChI=1S/C8H7BrClNO2S/c1-2-3-14(12,13)8-7(9)4-6(10)5-11-8/h2,4-5H,1,3H2. The van der Waals surface area contributed by atoms with Crippen LogP contribution in [0.3, 0.4) is 0 Å². The van der Waals surface area contributed by atoms with E-state index in [0.717, 1.165) is 0 Å². The molecule has 0 aliphatic rings. The van der Waals surface area contributed by atoms with E-state index in [-0.39, 0.29) is 10.8 Å². The Labute approximate surface area is 95.9 Å². The molecule has 0 aromatic carbocycles. The number of hydrogen-bond acceptors (Lipinski definition) is 3. The fourth-order valence-electron chi connectivity index (χ4n) is 0.865. The molecule has 1 aromatic rings. The first-order valence-electron chi connectivity index (χ1n) is 3.62. The Bertz CT molecular complexity index is 458. The first kappa shape index (κ1) is 11.7. The predicted octanol–water partition coefficient (Wildman–Crippen LogP) is 2.46. The Morgan fingerprint density at radius 3 is 2.79 bits per heavy atom. The van der Waals surface area contributed by atoms with Gasteiger partial charge < -0.3 is 0 Å². The van der Waals surface area contributed by atoms with Crippen molar-refractivity contribution in [2.24, 2.45) is 0 Å². The second kappa shape index (κ2) is 4.42. The first-order valence-corrected chi connectivity index (χ1v) is 6.44. The third-order valence-electron chi connectivity index (χ3n) is 1.41. The normalized spacial score (nSPS) is 11.3. The van der Waals surface area contributed by atoms with Crippen LogP contribution in [-0.4, -0.2) is 19.2 Å². The molecule has 6 heteroatoms. The van der Waals surface area contributed by atoms with Crippen LogP contribution in [0.4, 0.5) is 0 Å². The minimum atomic E-state index is -3.39. The monoisotopic (exact) mass is 295 g/mol. The van der Waals surface area contributed by atoms with Crippen molar-refractivity contribution in [3.05, 3.63) is 34.4 Å². The van der Waals surface area contributed by atoms with Crippen LogP contribution in [0.15, 0.2) is 34.4 Å². The maximum Gasteiger partial charge on any atom is 0.200 e. The molecule has 1 rings (SSSR count). The van der Waals surface area contributed by atoms with Crippen molar-refractivity contribution in [1.29, 1.82) is 0 Å². The summed E-state index contributed by atoms with van der Waals surface area (Å²) < 4.78 is 23.5. The Kier molecular flexibility index (Phi) is 3.69. The van der Waals surface area contributed by atoms with Gasteiger partial charge >= 0.3 is 0 Å². The van der Waals surface area contributed by atoms with Gasteiger partial charge in [0.15, 0.2) is 14.9 Å². The van der Waals surface area contributed by atoms with Crippen LogP contribution in [0.5, 0.6) is 0 Å². The average molecular weight is 297 g/mol. The Morgan fingerprint density at radius 1 is 1.64 bits per heavy atom. The summed E-state index contributed by atoms with van der Waals surface area (Å²) in [6, 6.07) is 1.49. The summed E-state index contributed by atoms with van der Waals surface area (Å²) >= 11 is 8.73. The Balaban J connectivity index is 3.26. The van der Waals surface area contributed by atoms with Crippen LogP contribution in [0.2, 0.25) is 5.02 Å². The highest BCUT2D eigenvalue weighted by molar-refractivity contribution is 9.10. The summed E-state index contributed by atoms with van der Waals surface area (Å²) in [5.41, 5.74) is 0. The van der Waals surface area contributed by atoms with Crippen LogP contribution in [-0.2, 0) is 9.84 Å². The molecule has 0 aliphatic carbocycles. The average Bonchev–Trinajstić information content (AvgIpc) is 2.02. The fourth-order valence-corrected chi connectivity index (χ4v) is 3.28. The molecule has 0 unspecified atom stereocenters. The lowest BCUT2D eigenvalue weighted by molar-refractivity contribution is 0.594. The van der Waals surface area contributed by atoms with Crippen LogP contribution in [0, 0.1) is 0 Å². The summed E-state index contributed by atoms with van der Waals surface area (Å²) in [5.74, 6) is -0.139. The molecule has 0 aliphatic heterocycles. The summed E-state index contributed by atoms with van der Waals surface area (Å²) in [6.45, 7) is 3.37. The van der Waals surface area contributed by atoms with E-state index in [4.69, 9.17) is 11.6 Å². The van der Waals surface area contributed by atoms with Gasteiger partial charge in [0, 0.05) is 6.20 Å². The van der Waals surface area contributed by atoms with Gasteiger partial charge in [-0.05, 0) is 22.0 Å². The SMILES string of the molecule is C=CCS(=O)(=O)c1ncc(Cl)cc1Br. The molecular weight excluding hydrogens is 290 g/mol. The fraction of sp³-hybridized carbons (Fsp3) is 0.125. The van der Waals surface area contributed by atoms with E-state index in [2.05, 4.69) is 27.5 Å².